The topological polar surface area (TPSA) is 68.6 Å². The highest BCUT2D eigenvalue weighted by Crippen LogP contribution is 2.22. The second-order valence-electron chi connectivity index (χ2n) is 6.30. The van der Waals surface area contributed by atoms with Crippen molar-refractivity contribution >= 4 is 34.6 Å². The zero-order valence-corrected chi connectivity index (χ0v) is 15.8. The van der Waals surface area contributed by atoms with Crippen LogP contribution in [0, 0.1) is 0 Å². The number of hydrogen-bond donors (Lipinski definition) is 1. The van der Waals surface area contributed by atoms with Crippen LogP contribution in [0.1, 0.15) is 16.8 Å². The van der Waals surface area contributed by atoms with Crippen molar-refractivity contribution in [3.63, 3.8) is 0 Å². The van der Waals surface area contributed by atoms with Crippen molar-refractivity contribution in [2.75, 3.05) is 0 Å². The van der Waals surface area contributed by atoms with Gasteiger partial charge in [-0.25, -0.2) is 0 Å². The van der Waals surface area contributed by atoms with Gasteiger partial charge in [-0.1, -0.05) is 48.0 Å². The van der Waals surface area contributed by atoms with E-state index in [1.807, 2.05) is 48.5 Å². The van der Waals surface area contributed by atoms with E-state index in [4.69, 9.17) is 17.3 Å². The molecule has 0 bridgehead atoms. The van der Waals surface area contributed by atoms with Crippen molar-refractivity contribution in [1.82, 2.24) is 9.55 Å². The van der Waals surface area contributed by atoms with E-state index in [9.17, 15) is 0 Å². The number of halogens is 1. The fourth-order valence-corrected chi connectivity index (χ4v) is 3.14. The Labute approximate surface area is 167 Å². The average Bonchev–Trinajstić information content (AvgIpc) is 3.08. The van der Waals surface area contributed by atoms with Crippen molar-refractivity contribution in [2.24, 2.45) is 15.9 Å². The highest BCUT2D eigenvalue weighted by Gasteiger charge is 2.07. The molecule has 0 fully saturated rings. The Hall–Kier alpha value is -3.44. The van der Waals surface area contributed by atoms with Crippen LogP contribution in [0.4, 0.5) is 0 Å². The molecule has 0 radical (unpaired) electrons. The molecule has 0 atom stereocenters. The molecule has 5 nitrogen and oxygen atoms in total. The van der Waals surface area contributed by atoms with Crippen molar-refractivity contribution in [2.45, 2.75) is 6.54 Å². The van der Waals surface area contributed by atoms with Crippen molar-refractivity contribution < 1.29 is 0 Å². The Morgan fingerprint density at radius 2 is 1.82 bits per heavy atom. The van der Waals surface area contributed by atoms with Gasteiger partial charge >= 0.3 is 0 Å². The van der Waals surface area contributed by atoms with Gasteiger partial charge in [0.1, 0.15) is 5.69 Å². The van der Waals surface area contributed by atoms with Crippen LogP contribution in [0.25, 0.3) is 10.9 Å². The predicted octanol–water partition coefficient (Wildman–Crippen LogP) is 4.48. The first kappa shape index (κ1) is 17.9. The normalized spacial score (nSPS) is 12.1. The Kier molecular flexibility index (Phi) is 5.17. The van der Waals surface area contributed by atoms with Gasteiger partial charge in [0.25, 0.3) is 0 Å². The first-order chi connectivity index (χ1) is 13.7. The SMILES string of the molecule is N/C(=N\N=C\c1cn(Cc2ccc(Cl)cc2)c2ccccc12)c1ccccn1. The zero-order valence-electron chi connectivity index (χ0n) is 15.0. The standard InChI is InChI=1S/C22H18ClN5/c23-18-10-8-16(9-11-18)14-28-15-17(19-5-1-2-7-21(19)28)13-26-27-22(24)20-6-3-4-12-25-20/h1-13,15H,14H2,(H2,24,27)/b26-13+. The minimum atomic E-state index is 0.279. The molecule has 28 heavy (non-hydrogen) atoms. The molecule has 0 aliphatic heterocycles. The molecule has 2 heterocycles. The molecule has 4 rings (SSSR count). The number of para-hydroxylation sites is 1. The fourth-order valence-electron chi connectivity index (χ4n) is 3.01. The summed E-state index contributed by atoms with van der Waals surface area (Å²) in [6, 6.07) is 21.6. The molecule has 2 aromatic carbocycles. The zero-order chi connectivity index (χ0) is 19.3. The fraction of sp³-hybridized carbons (Fsp3) is 0.0455. The van der Waals surface area contributed by atoms with Crippen LogP contribution < -0.4 is 5.73 Å². The first-order valence-electron chi connectivity index (χ1n) is 8.81. The molecule has 0 amide bonds. The molecule has 6 heteroatoms. The molecule has 0 aliphatic carbocycles. The quantitative estimate of drug-likeness (QED) is 0.311. The van der Waals surface area contributed by atoms with E-state index in [1.54, 1.807) is 18.5 Å². The number of hydrogen-bond acceptors (Lipinski definition) is 3. The van der Waals surface area contributed by atoms with E-state index in [-0.39, 0.29) is 5.84 Å². The van der Waals surface area contributed by atoms with Gasteiger partial charge in [0, 0.05) is 40.4 Å². The van der Waals surface area contributed by atoms with E-state index in [0.717, 1.165) is 28.0 Å². The highest BCUT2D eigenvalue weighted by molar-refractivity contribution is 6.30. The third-order valence-corrected chi connectivity index (χ3v) is 4.63. The largest absolute Gasteiger partial charge is 0.380 e. The number of nitrogens with zero attached hydrogens (tertiary/aromatic N) is 4. The third-order valence-electron chi connectivity index (χ3n) is 4.38. The summed E-state index contributed by atoms with van der Waals surface area (Å²) in [5.74, 6) is 0.279. The lowest BCUT2D eigenvalue weighted by atomic mass is 10.2. The second kappa shape index (κ2) is 8.06. The van der Waals surface area contributed by atoms with Gasteiger partial charge in [-0.2, -0.15) is 5.10 Å². The smallest absolute Gasteiger partial charge is 0.171 e. The Balaban J connectivity index is 1.63. The monoisotopic (exact) mass is 387 g/mol. The van der Waals surface area contributed by atoms with Gasteiger partial charge in [-0.3, -0.25) is 4.98 Å². The van der Waals surface area contributed by atoms with Crippen LogP contribution in [0.2, 0.25) is 5.02 Å². The van der Waals surface area contributed by atoms with E-state index >= 15 is 0 Å². The lowest BCUT2D eigenvalue weighted by Gasteiger charge is -2.05. The van der Waals surface area contributed by atoms with E-state index in [0.29, 0.717) is 5.69 Å². The molecule has 0 saturated carbocycles. The highest BCUT2D eigenvalue weighted by atomic mass is 35.5. The molecule has 0 aliphatic rings. The molecule has 0 spiro atoms. The van der Waals surface area contributed by atoms with Crippen molar-refractivity contribution in [3.8, 4) is 0 Å². The van der Waals surface area contributed by atoms with E-state index in [1.165, 1.54) is 5.56 Å². The Morgan fingerprint density at radius 1 is 1.04 bits per heavy atom. The number of rotatable bonds is 5. The molecule has 4 aromatic rings. The van der Waals surface area contributed by atoms with E-state index in [2.05, 4.69) is 38.1 Å². The number of amidine groups is 1. The maximum Gasteiger partial charge on any atom is 0.171 e. The predicted molar refractivity (Wildman–Crippen MR) is 115 cm³/mol. The lowest BCUT2D eigenvalue weighted by molar-refractivity contribution is 0.836. The van der Waals surface area contributed by atoms with Gasteiger partial charge < -0.3 is 10.3 Å². The van der Waals surface area contributed by atoms with Crippen LogP contribution in [-0.2, 0) is 6.54 Å². The molecule has 0 unspecified atom stereocenters. The van der Waals surface area contributed by atoms with Crippen LogP contribution in [0.15, 0.2) is 89.3 Å². The average molecular weight is 388 g/mol. The van der Waals surface area contributed by atoms with Crippen LogP contribution >= 0.6 is 11.6 Å². The number of benzene rings is 2. The summed E-state index contributed by atoms with van der Waals surface area (Å²) < 4.78 is 2.19. The van der Waals surface area contributed by atoms with Gasteiger partial charge in [-0.05, 0) is 35.9 Å². The molecular formula is C22H18ClN5. The number of nitrogens with two attached hydrogens (primary N) is 1. The molecule has 2 aromatic heterocycles. The number of aromatic nitrogens is 2. The van der Waals surface area contributed by atoms with Crippen LogP contribution in [0.5, 0.6) is 0 Å². The minimum Gasteiger partial charge on any atom is -0.380 e. The first-order valence-corrected chi connectivity index (χ1v) is 9.19. The summed E-state index contributed by atoms with van der Waals surface area (Å²) in [4.78, 5) is 4.17. The summed E-state index contributed by atoms with van der Waals surface area (Å²) in [6.45, 7) is 0.741. The summed E-state index contributed by atoms with van der Waals surface area (Å²) in [5.41, 5.74) is 9.82. The lowest BCUT2D eigenvalue weighted by Crippen LogP contribution is -2.14. The minimum absolute atomic E-state index is 0.279. The third kappa shape index (κ3) is 3.94. The van der Waals surface area contributed by atoms with Gasteiger partial charge in [-0.15, -0.1) is 5.10 Å². The molecule has 2 N–H and O–H groups in total. The van der Waals surface area contributed by atoms with Crippen molar-refractivity contribution in [3.05, 3.63) is 101 Å². The summed E-state index contributed by atoms with van der Waals surface area (Å²) in [5, 5.41) is 10.1. The van der Waals surface area contributed by atoms with Gasteiger partial charge in [0.15, 0.2) is 5.84 Å². The Morgan fingerprint density at radius 3 is 2.61 bits per heavy atom. The molecule has 0 saturated heterocycles. The van der Waals surface area contributed by atoms with E-state index < -0.39 is 0 Å². The number of pyridine rings is 1. The van der Waals surface area contributed by atoms with Crippen molar-refractivity contribution in [1.29, 1.82) is 0 Å². The van der Waals surface area contributed by atoms with Gasteiger partial charge in [0.05, 0.1) is 6.21 Å². The molecular weight excluding hydrogens is 370 g/mol. The van der Waals surface area contributed by atoms with Crippen LogP contribution in [0.3, 0.4) is 0 Å². The second-order valence-corrected chi connectivity index (χ2v) is 6.74. The van der Waals surface area contributed by atoms with Gasteiger partial charge in [0.2, 0.25) is 0 Å². The molecule has 138 valence electrons. The maximum atomic E-state index is 5.99. The number of fused-ring (bicyclic) bond motifs is 1. The maximum absolute atomic E-state index is 5.99. The summed E-state index contributed by atoms with van der Waals surface area (Å²) >= 11 is 5.99. The van der Waals surface area contributed by atoms with Crippen LogP contribution in [-0.4, -0.2) is 21.6 Å². The summed E-state index contributed by atoms with van der Waals surface area (Å²) in [6.07, 6.45) is 5.46. The summed E-state index contributed by atoms with van der Waals surface area (Å²) in [7, 11) is 0. The Bertz CT molecular complexity index is 1140.